The highest BCUT2D eigenvalue weighted by Gasteiger charge is 2.22. The summed E-state index contributed by atoms with van der Waals surface area (Å²) in [5, 5.41) is 13.6. The normalized spacial score (nSPS) is 10.2. The molecule has 108 valence electrons. The zero-order valence-corrected chi connectivity index (χ0v) is 12.1. The molecule has 0 aliphatic heterocycles. The number of hydrogen-bond acceptors (Lipinski definition) is 4. The maximum atomic E-state index is 12.3. The summed E-state index contributed by atoms with van der Waals surface area (Å²) in [5.74, 6) is -0.597. The van der Waals surface area contributed by atoms with E-state index in [0.29, 0.717) is 5.69 Å². The van der Waals surface area contributed by atoms with E-state index >= 15 is 0 Å². The van der Waals surface area contributed by atoms with Gasteiger partial charge in [0.1, 0.15) is 16.9 Å². The van der Waals surface area contributed by atoms with Crippen molar-refractivity contribution in [3.63, 3.8) is 0 Å². The van der Waals surface area contributed by atoms with Crippen LogP contribution in [0.2, 0.25) is 5.15 Å². The van der Waals surface area contributed by atoms with Gasteiger partial charge in [0, 0.05) is 5.69 Å². The molecule has 0 unspecified atom stereocenters. The van der Waals surface area contributed by atoms with E-state index in [0.717, 1.165) is 17.3 Å². The molecular weight excluding hydrogens is 294 g/mol. The minimum absolute atomic E-state index is 0.0201. The summed E-state index contributed by atoms with van der Waals surface area (Å²) in [6, 6.07) is 6.62. The van der Waals surface area contributed by atoms with Crippen molar-refractivity contribution in [3.05, 3.63) is 62.4 Å². The predicted molar refractivity (Wildman–Crippen MR) is 79.8 cm³/mol. The molecule has 6 nitrogen and oxygen atoms in total. The van der Waals surface area contributed by atoms with Gasteiger partial charge in [-0.15, -0.1) is 0 Å². The Hall–Kier alpha value is -2.47. The summed E-state index contributed by atoms with van der Waals surface area (Å²) in [6.07, 6.45) is 0.973. The number of nitrogens with one attached hydrogen (secondary N) is 1. The van der Waals surface area contributed by atoms with E-state index in [1.54, 1.807) is 12.1 Å². The molecule has 2 rings (SSSR count). The molecule has 0 aliphatic rings. The topological polar surface area (TPSA) is 85.1 Å². The van der Waals surface area contributed by atoms with Crippen molar-refractivity contribution in [1.82, 2.24) is 4.98 Å². The van der Waals surface area contributed by atoms with Gasteiger partial charge >= 0.3 is 0 Å². The lowest BCUT2D eigenvalue weighted by Crippen LogP contribution is -2.15. The van der Waals surface area contributed by atoms with Crippen LogP contribution in [-0.4, -0.2) is 15.8 Å². The molecule has 0 bridgehead atoms. The van der Waals surface area contributed by atoms with Crippen LogP contribution in [0, 0.1) is 24.0 Å². The largest absolute Gasteiger partial charge is 0.322 e. The Morgan fingerprint density at radius 1 is 1.38 bits per heavy atom. The minimum Gasteiger partial charge on any atom is -0.322 e. The Labute approximate surface area is 125 Å². The van der Waals surface area contributed by atoms with Gasteiger partial charge in [0.25, 0.3) is 11.6 Å². The number of aryl methyl sites for hydroxylation is 1. The fourth-order valence-corrected chi connectivity index (χ4v) is 1.98. The predicted octanol–water partition coefficient (Wildman–Crippen LogP) is 3.51. The summed E-state index contributed by atoms with van der Waals surface area (Å²) in [5.41, 5.74) is 1.99. The molecule has 0 aliphatic carbocycles. The Bertz CT molecular complexity index is 731. The zero-order chi connectivity index (χ0) is 15.6. The van der Waals surface area contributed by atoms with Gasteiger partial charge in [0.2, 0.25) is 0 Å². The van der Waals surface area contributed by atoms with Gasteiger partial charge in [0.15, 0.2) is 0 Å². The van der Waals surface area contributed by atoms with Crippen LogP contribution in [0.5, 0.6) is 0 Å². The number of nitro groups is 1. The van der Waals surface area contributed by atoms with E-state index < -0.39 is 10.8 Å². The summed E-state index contributed by atoms with van der Waals surface area (Å²) < 4.78 is 0. The summed E-state index contributed by atoms with van der Waals surface area (Å²) in [4.78, 5) is 26.2. The van der Waals surface area contributed by atoms with Crippen molar-refractivity contribution in [2.45, 2.75) is 13.8 Å². The fraction of sp³-hybridized carbons (Fsp3) is 0.143. The maximum absolute atomic E-state index is 12.3. The second-order valence-corrected chi connectivity index (χ2v) is 4.87. The van der Waals surface area contributed by atoms with E-state index in [-0.39, 0.29) is 16.4 Å². The summed E-state index contributed by atoms with van der Waals surface area (Å²) >= 11 is 5.71. The van der Waals surface area contributed by atoms with Crippen molar-refractivity contribution < 1.29 is 9.72 Å². The van der Waals surface area contributed by atoms with Crippen LogP contribution in [0.1, 0.15) is 21.5 Å². The van der Waals surface area contributed by atoms with Gasteiger partial charge in [-0.1, -0.05) is 23.7 Å². The Balaban J connectivity index is 2.39. The van der Waals surface area contributed by atoms with Gasteiger partial charge in [-0.3, -0.25) is 14.9 Å². The molecular formula is C14H12ClN3O3. The Kier molecular flexibility index (Phi) is 4.18. The lowest BCUT2D eigenvalue weighted by Gasteiger charge is -2.10. The number of carbonyl (C=O) groups is 1. The van der Waals surface area contributed by atoms with Crippen LogP contribution in [0.15, 0.2) is 30.5 Å². The SMILES string of the molecule is Cc1cccc(NC(=O)c2cc(Cl)ncc2[N+](=O)[O-])c1C. The van der Waals surface area contributed by atoms with Crippen LogP contribution in [0.4, 0.5) is 11.4 Å². The molecule has 7 heteroatoms. The molecule has 0 spiro atoms. The minimum atomic E-state index is -0.665. The quantitative estimate of drug-likeness (QED) is 0.534. The van der Waals surface area contributed by atoms with Crippen LogP contribution < -0.4 is 5.32 Å². The van der Waals surface area contributed by atoms with Crippen LogP contribution >= 0.6 is 11.6 Å². The molecule has 1 N–H and O–H groups in total. The van der Waals surface area contributed by atoms with Crippen LogP contribution in [-0.2, 0) is 0 Å². The third-order valence-electron chi connectivity index (χ3n) is 3.14. The molecule has 0 fully saturated rings. The van der Waals surface area contributed by atoms with Crippen molar-refractivity contribution in [3.8, 4) is 0 Å². The summed E-state index contributed by atoms with van der Waals surface area (Å²) in [6.45, 7) is 3.77. The first-order valence-corrected chi connectivity index (χ1v) is 6.45. The number of halogens is 1. The van der Waals surface area contributed by atoms with Gasteiger partial charge in [-0.05, 0) is 37.1 Å². The smallest absolute Gasteiger partial charge is 0.300 e. The number of aromatic nitrogens is 1. The fourth-order valence-electron chi connectivity index (χ4n) is 1.83. The molecule has 0 radical (unpaired) electrons. The number of nitrogens with zero attached hydrogens (tertiary/aromatic N) is 2. The molecule has 1 aromatic heterocycles. The highest BCUT2D eigenvalue weighted by molar-refractivity contribution is 6.30. The van der Waals surface area contributed by atoms with E-state index in [1.807, 2.05) is 19.9 Å². The molecule has 0 atom stereocenters. The third-order valence-corrected chi connectivity index (χ3v) is 3.35. The average Bonchev–Trinajstić information content (AvgIpc) is 2.43. The van der Waals surface area contributed by atoms with Gasteiger partial charge in [0.05, 0.1) is 4.92 Å². The number of hydrogen-bond donors (Lipinski definition) is 1. The second kappa shape index (κ2) is 5.88. The molecule has 0 saturated carbocycles. The average molecular weight is 306 g/mol. The van der Waals surface area contributed by atoms with Crippen molar-refractivity contribution in [2.75, 3.05) is 5.32 Å². The first kappa shape index (κ1) is 14.9. The summed E-state index contributed by atoms with van der Waals surface area (Å²) in [7, 11) is 0. The van der Waals surface area contributed by atoms with E-state index in [9.17, 15) is 14.9 Å². The van der Waals surface area contributed by atoms with E-state index in [2.05, 4.69) is 10.3 Å². The lowest BCUT2D eigenvalue weighted by atomic mass is 10.1. The second-order valence-electron chi connectivity index (χ2n) is 4.48. The number of amides is 1. The number of benzene rings is 1. The zero-order valence-electron chi connectivity index (χ0n) is 11.4. The molecule has 1 aromatic carbocycles. The Morgan fingerprint density at radius 3 is 2.76 bits per heavy atom. The number of pyridine rings is 1. The molecule has 2 aromatic rings. The van der Waals surface area contributed by atoms with E-state index in [4.69, 9.17) is 11.6 Å². The van der Waals surface area contributed by atoms with Gasteiger partial charge in [-0.25, -0.2) is 4.98 Å². The molecule has 21 heavy (non-hydrogen) atoms. The standard InChI is InChI=1S/C14H12ClN3O3/c1-8-4-3-5-11(9(8)2)17-14(19)10-6-13(15)16-7-12(10)18(20)21/h3-7H,1-2H3,(H,17,19). The molecule has 1 heterocycles. The highest BCUT2D eigenvalue weighted by Crippen LogP contribution is 2.23. The third kappa shape index (κ3) is 3.17. The number of rotatable bonds is 3. The molecule has 1 amide bonds. The maximum Gasteiger partial charge on any atom is 0.300 e. The number of anilines is 1. The van der Waals surface area contributed by atoms with Crippen LogP contribution in [0.25, 0.3) is 0 Å². The first-order chi connectivity index (χ1) is 9.90. The lowest BCUT2D eigenvalue weighted by molar-refractivity contribution is -0.385. The van der Waals surface area contributed by atoms with Crippen molar-refractivity contribution in [1.29, 1.82) is 0 Å². The van der Waals surface area contributed by atoms with Gasteiger partial charge < -0.3 is 5.32 Å². The molecule has 0 saturated heterocycles. The Morgan fingerprint density at radius 2 is 2.10 bits per heavy atom. The van der Waals surface area contributed by atoms with Crippen molar-refractivity contribution >= 4 is 28.9 Å². The van der Waals surface area contributed by atoms with Crippen LogP contribution in [0.3, 0.4) is 0 Å². The van der Waals surface area contributed by atoms with E-state index in [1.165, 1.54) is 6.07 Å². The first-order valence-electron chi connectivity index (χ1n) is 6.07. The van der Waals surface area contributed by atoms with Gasteiger partial charge in [-0.2, -0.15) is 0 Å². The number of carbonyl (C=O) groups excluding carboxylic acids is 1. The highest BCUT2D eigenvalue weighted by atomic mass is 35.5. The van der Waals surface area contributed by atoms with Crippen molar-refractivity contribution in [2.24, 2.45) is 0 Å². The monoisotopic (exact) mass is 305 g/mol.